The quantitative estimate of drug-likeness (QED) is 0.860. The van der Waals surface area contributed by atoms with Crippen molar-refractivity contribution in [3.8, 4) is 0 Å². The number of amides is 1. The van der Waals surface area contributed by atoms with Crippen LogP contribution in [0.5, 0.6) is 0 Å². The summed E-state index contributed by atoms with van der Waals surface area (Å²) in [5, 5.41) is 2.81. The van der Waals surface area contributed by atoms with E-state index in [-0.39, 0.29) is 24.5 Å². The Morgan fingerprint density at radius 2 is 2.09 bits per heavy atom. The minimum Gasteiger partial charge on any atom is -0.374 e. The summed E-state index contributed by atoms with van der Waals surface area (Å²) in [5.74, 6) is -0.291. The van der Waals surface area contributed by atoms with Gasteiger partial charge in [0.2, 0.25) is 15.9 Å². The zero-order valence-corrected chi connectivity index (χ0v) is 13.3. The molecule has 1 amide bonds. The molecule has 1 aromatic carbocycles. The Morgan fingerprint density at radius 3 is 2.86 bits per heavy atom. The van der Waals surface area contributed by atoms with Gasteiger partial charge in [-0.15, -0.1) is 0 Å². The second-order valence-corrected chi connectivity index (χ2v) is 7.63. The van der Waals surface area contributed by atoms with Gasteiger partial charge in [0.1, 0.15) is 0 Å². The molecule has 120 valence electrons. The number of aryl methyl sites for hydroxylation is 1. The molecule has 2 atom stereocenters. The fourth-order valence-electron chi connectivity index (χ4n) is 3.08. The van der Waals surface area contributed by atoms with Crippen molar-refractivity contribution in [2.75, 3.05) is 26.2 Å². The van der Waals surface area contributed by atoms with Gasteiger partial charge in [-0.25, -0.2) is 8.42 Å². The lowest BCUT2D eigenvalue weighted by molar-refractivity contribution is -0.129. The molecular formula is C15H20N2O4S. The first kappa shape index (κ1) is 15.5. The van der Waals surface area contributed by atoms with Crippen LogP contribution in [0.3, 0.4) is 0 Å². The number of fused-ring (bicyclic) bond motifs is 1. The first-order chi connectivity index (χ1) is 10.5. The topological polar surface area (TPSA) is 75.7 Å². The van der Waals surface area contributed by atoms with Crippen LogP contribution in [0.25, 0.3) is 0 Å². The van der Waals surface area contributed by atoms with Crippen molar-refractivity contribution in [2.24, 2.45) is 5.92 Å². The molecular weight excluding hydrogens is 304 g/mol. The van der Waals surface area contributed by atoms with Crippen LogP contribution in [0.15, 0.2) is 29.2 Å². The highest BCUT2D eigenvalue weighted by Gasteiger charge is 2.40. The molecule has 3 rings (SSSR count). The first-order valence-electron chi connectivity index (χ1n) is 7.45. The summed E-state index contributed by atoms with van der Waals surface area (Å²) in [6, 6.07) is 6.95. The highest BCUT2D eigenvalue weighted by atomic mass is 32.2. The minimum absolute atomic E-state index is 0.0320. The number of sulfonamides is 1. The van der Waals surface area contributed by atoms with E-state index in [1.54, 1.807) is 25.1 Å². The number of carbonyl (C=O) groups is 1. The molecule has 2 fully saturated rings. The first-order valence-corrected chi connectivity index (χ1v) is 8.89. The van der Waals surface area contributed by atoms with Crippen LogP contribution in [0.4, 0.5) is 0 Å². The molecule has 1 N–H and O–H groups in total. The lowest BCUT2D eigenvalue weighted by atomic mass is 9.94. The van der Waals surface area contributed by atoms with E-state index in [4.69, 9.17) is 4.74 Å². The lowest BCUT2D eigenvalue weighted by Gasteiger charge is -2.35. The van der Waals surface area contributed by atoms with Crippen LogP contribution in [-0.4, -0.2) is 51.0 Å². The van der Waals surface area contributed by atoms with Gasteiger partial charge in [-0.3, -0.25) is 4.79 Å². The molecule has 0 aromatic heterocycles. The Balaban J connectivity index is 1.85. The zero-order valence-electron chi connectivity index (χ0n) is 12.5. The molecule has 0 radical (unpaired) electrons. The molecule has 0 aliphatic carbocycles. The number of nitrogens with zero attached hydrogens (tertiary/aromatic N) is 1. The normalized spacial score (nSPS) is 26.9. The highest BCUT2D eigenvalue weighted by molar-refractivity contribution is 7.89. The molecule has 7 heteroatoms. The van der Waals surface area contributed by atoms with Crippen molar-refractivity contribution < 1.29 is 17.9 Å². The summed E-state index contributed by atoms with van der Waals surface area (Å²) in [5.41, 5.74) is 0.726. The van der Waals surface area contributed by atoms with Gasteiger partial charge < -0.3 is 10.1 Å². The van der Waals surface area contributed by atoms with E-state index in [1.165, 1.54) is 4.31 Å². The standard InChI is InChI=1S/C15H20N2O4S/c1-11-4-2-3-5-14(11)22(19,20)17-8-6-12-13(10-17)21-9-7-16-15(12)18/h2-5,12-13H,6-10H2,1H3,(H,16,18)/t12-,13+/m1/s1. The van der Waals surface area contributed by atoms with Crippen molar-refractivity contribution in [3.05, 3.63) is 29.8 Å². The Bertz CT molecular complexity index is 674. The number of hydrogen-bond donors (Lipinski definition) is 1. The lowest BCUT2D eigenvalue weighted by Crippen LogP contribution is -2.50. The second-order valence-electron chi connectivity index (χ2n) is 5.72. The third-order valence-electron chi connectivity index (χ3n) is 4.30. The maximum Gasteiger partial charge on any atom is 0.243 e. The van der Waals surface area contributed by atoms with Gasteiger partial charge in [0.15, 0.2) is 0 Å². The second kappa shape index (κ2) is 5.98. The van der Waals surface area contributed by atoms with E-state index in [1.807, 2.05) is 6.07 Å². The van der Waals surface area contributed by atoms with Crippen molar-refractivity contribution in [1.82, 2.24) is 9.62 Å². The van der Waals surface area contributed by atoms with Gasteiger partial charge in [-0.05, 0) is 25.0 Å². The van der Waals surface area contributed by atoms with Crippen LogP contribution in [0.1, 0.15) is 12.0 Å². The highest BCUT2D eigenvalue weighted by Crippen LogP contribution is 2.28. The predicted molar refractivity (Wildman–Crippen MR) is 80.8 cm³/mol. The molecule has 0 saturated carbocycles. The van der Waals surface area contributed by atoms with E-state index in [0.29, 0.717) is 31.0 Å². The maximum atomic E-state index is 12.8. The Morgan fingerprint density at radius 1 is 1.32 bits per heavy atom. The summed E-state index contributed by atoms with van der Waals surface area (Å²) in [4.78, 5) is 12.3. The molecule has 2 saturated heterocycles. The minimum atomic E-state index is -3.55. The zero-order chi connectivity index (χ0) is 15.7. The van der Waals surface area contributed by atoms with E-state index in [0.717, 1.165) is 5.56 Å². The number of rotatable bonds is 2. The molecule has 2 heterocycles. The van der Waals surface area contributed by atoms with Gasteiger partial charge in [0.25, 0.3) is 0 Å². The number of ether oxygens (including phenoxy) is 1. The molecule has 22 heavy (non-hydrogen) atoms. The molecule has 0 unspecified atom stereocenters. The molecule has 1 aromatic rings. The van der Waals surface area contributed by atoms with E-state index in [2.05, 4.69) is 5.32 Å². The molecule has 2 aliphatic rings. The summed E-state index contributed by atoms with van der Waals surface area (Å²) in [6.45, 7) is 3.26. The van der Waals surface area contributed by atoms with Crippen LogP contribution < -0.4 is 5.32 Å². The van der Waals surface area contributed by atoms with Crippen molar-refractivity contribution in [3.63, 3.8) is 0 Å². The van der Waals surface area contributed by atoms with Gasteiger partial charge in [-0.1, -0.05) is 18.2 Å². The number of nitrogens with one attached hydrogen (secondary N) is 1. The van der Waals surface area contributed by atoms with Crippen molar-refractivity contribution in [2.45, 2.75) is 24.3 Å². The Kier molecular flexibility index (Phi) is 4.20. The van der Waals surface area contributed by atoms with Gasteiger partial charge >= 0.3 is 0 Å². The smallest absolute Gasteiger partial charge is 0.243 e. The fourth-order valence-corrected chi connectivity index (χ4v) is 4.77. The predicted octanol–water partition coefficient (Wildman–Crippen LogP) is 0.521. The summed E-state index contributed by atoms with van der Waals surface area (Å²) < 4.78 is 32.8. The third kappa shape index (κ3) is 2.76. The van der Waals surface area contributed by atoms with Gasteiger partial charge in [0, 0.05) is 19.6 Å². The largest absolute Gasteiger partial charge is 0.374 e. The van der Waals surface area contributed by atoms with E-state index in [9.17, 15) is 13.2 Å². The van der Waals surface area contributed by atoms with Crippen LogP contribution in [0, 0.1) is 12.8 Å². The third-order valence-corrected chi connectivity index (χ3v) is 6.33. The SMILES string of the molecule is Cc1ccccc1S(=O)(=O)N1CC[C@H]2C(=O)NCCO[C@H]2C1. The Hall–Kier alpha value is -1.44. The van der Waals surface area contributed by atoms with Gasteiger partial charge in [0.05, 0.1) is 23.5 Å². The average molecular weight is 324 g/mol. The van der Waals surface area contributed by atoms with Crippen molar-refractivity contribution >= 4 is 15.9 Å². The van der Waals surface area contributed by atoms with Crippen LogP contribution in [-0.2, 0) is 19.6 Å². The van der Waals surface area contributed by atoms with Crippen LogP contribution >= 0.6 is 0 Å². The van der Waals surface area contributed by atoms with Gasteiger partial charge in [-0.2, -0.15) is 4.31 Å². The average Bonchev–Trinajstić information content (AvgIpc) is 2.69. The summed E-state index contributed by atoms with van der Waals surface area (Å²) in [6.07, 6.45) is 0.122. The maximum absolute atomic E-state index is 12.8. The molecule has 0 bridgehead atoms. The van der Waals surface area contributed by atoms with Crippen LogP contribution in [0.2, 0.25) is 0 Å². The summed E-state index contributed by atoms with van der Waals surface area (Å²) in [7, 11) is -3.55. The molecule has 0 spiro atoms. The monoisotopic (exact) mass is 324 g/mol. The fraction of sp³-hybridized carbons (Fsp3) is 0.533. The number of carbonyl (C=O) groups excluding carboxylic acids is 1. The van der Waals surface area contributed by atoms with Crippen molar-refractivity contribution in [1.29, 1.82) is 0 Å². The van der Waals surface area contributed by atoms with E-state index < -0.39 is 10.0 Å². The molecule has 6 nitrogen and oxygen atoms in total. The molecule has 2 aliphatic heterocycles. The number of hydrogen-bond acceptors (Lipinski definition) is 4. The number of piperidine rings is 1. The Labute approximate surface area is 130 Å². The number of benzene rings is 1. The summed E-state index contributed by atoms with van der Waals surface area (Å²) >= 11 is 0. The van der Waals surface area contributed by atoms with E-state index >= 15 is 0 Å².